The van der Waals surface area contributed by atoms with Crippen LogP contribution in [0.15, 0.2) is 24.3 Å². The molecular weight excluding hydrogens is 257 g/mol. The molecule has 20 heavy (non-hydrogen) atoms. The number of nitrogens with one attached hydrogen (secondary N) is 1. The Bertz CT molecular complexity index is 477. The number of hydrogen-bond acceptors (Lipinski definition) is 3. The fourth-order valence-electron chi connectivity index (χ4n) is 2.93. The van der Waals surface area contributed by atoms with Crippen molar-refractivity contribution in [1.82, 2.24) is 10.2 Å². The number of nitrogens with two attached hydrogens (primary N) is 1. The lowest BCUT2D eigenvalue weighted by atomic mass is 9.89. The zero-order valence-corrected chi connectivity index (χ0v) is 12.0. The van der Waals surface area contributed by atoms with E-state index in [-0.39, 0.29) is 23.2 Å². The van der Waals surface area contributed by atoms with Crippen molar-refractivity contribution in [1.29, 1.82) is 0 Å². The highest BCUT2D eigenvalue weighted by Crippen LogP contribution is 2.35. The van der Waals surface area contributed by atoms with Crippen molar-refractivity contribution in [2.75, 3.05) is 26.7 Å². The van der Waals surface area contributed by atoms with E-state index in [1.165, 1.54) is 12.1 Å². The Morgan fingerprint density at radius 3 is 2.70 bits per heavy atom. The highest BCUT2D eigenvalue weighted by atomic mass is 19.1. The quantitative estimate of drug-likeness (QED) is 0.873. The Morgan fingerprint density at radius 2 is 2.15 bits per heavy atom. The first-order valence-corrected chi connectivity index (χ1v) is 6.92. The molecule has 1 aromatic rings. The number of likely N-dealkylation sites (tertiary alicyclic amines) is 1. The predicted molar refractivity (Wildman–Crippen MR) is 76.6 cm³/mol. The summed E-state index contributed by atoms with van der Waals surface area (Å²) in [4.78, 5) is 14.2. The van der Waals surface area contributed by atoms with Gasteiger partial charge in [0, 0.05) is 26.2 Å². The number of benzene rings is 1. The van der Waals surface area contributed by atoms with Crippen LogP contribution in [0.25, 0.3) is 0 Å². The lowest BCUT2D eigenvalue weighted by Gasteiger charge is -2.29. The molecule has 2 rings (SSSR count). The standard InChI is InChI=1S/C15H22FN3O/c1-15(14(20)18-2)7-8-19(10-15)13(9-17)11-3-5-12(16)6-4-11/h3-6,13H,7-10,17H2,1-2H3,(H,18,20). The first-order valence-electron chi connectivity index (χ1n) is 6.92. The maximum atomic E-state index is 13.0. The first-order chi connectivity index (χ1) is 9.50. The van der Waals surface area contributed by atoms with Gasteiger partial charge in [0.1, 0.15) is 5.82 Å². The molecule has 5 heteroatoms. The molecule has 1 aliphatic rings. The minimum atomic E-state index is -0.373. The SMILES string of the molecule is CNC(=O)C1(C)CCN(C(CN)c2ccc(F)cc2)C1. The van der Waals surface area contributed by atoms with Crippen molar-refractivity contribution in [3.8, 4) is 0 Å². The van der Waals surface area contributed by atoms with Gasteiger partial charge in [0.05, 0.1) is 5.41 Å². The van der Waals surface area contributed by atoms with E-state index in [1.807, 2.05) is 6.92 Å². The normalized spacial score (nSPS) is 24.6. The van der Waals surface area contributed by atoms with Gasteiger partial charge in [-0.15, -0.1) is 0 Å². The molecule has 1 aromatic carbocycles. The molecule has 1 aliphatic heterocycles. The van der Waals surface area contributed by atoms with E-state index in [0.717, 1.165) is 18.5 Å². The van der Waals surface area contributed by atoms with Gasteiger partial charge < -0.3 is 11.1 Å². The molecule has 1 saturated heterocycles. The summed E-state index contributed by atoms with van der Waals surface area (Å²) in [6.45, 7) is 3.93. The predicted octanol–water partition coefficient (Wildman–Crippen LogP) is 1.28. The Hall–Kier alpha value is -1.46. The minimum Gasteiger partial charge on any atom is -0.359 e. The van der Waals surface area contributed by atoms with E-state index >= 15 is 0 Å². The lowest BCUT2D eigenvalue weighted by molar-refractivity contribution is -0.129. The summed E-state index contributed by atoms with van der Waals surface area (Å²) >= 11 is 0. The van der Waals surface area contributed by atoms with Gasteiger partial charge in [0.25, 0.3) is 0 Å². The van der Waals surface area contributed by atoms with Gasteiger partial charge in [-0.05, 0) is 37.6 Å². The van der Waals surface area contributed by atoms with E-state index in [4.69, 9.17) is 5.73 Å². The Balaban J connectivity index is 2.14. The smallest absolute Gasteiger partial charge is 0.227 e. The van der Waals surface area contributed by atoms with E-state index in [9.17, 15) is 9.18 Å². The monoisotopic (exact) mass is 279 g/mol. The molecule has 0 aliphatic carbocycles. The summed E-state index contributed by atoms with van der Waals surface area (Å²) in [6, 6.07) is 6.46. The van der Waals surface area contributed by atoms with Gasteiger partial charge in [-0.2, -0.15) is 0 Å². The zero-order chi connectivity index (χ0) is 14.8. The number of amides is 1. The van der Waals surface area contributed by atoms with Gasteiger partial charge in [0.2, 0.25) is 5.91 Å². The van der Waals surface area contributed by atoms with E-state index in [2.05, 4.69) is 10.2 Å². The van der Waals surface area contributed by atoms with Crippen LogP contribution in [0, 0.1) is 11.2 Å². The highest BCUT2D eigenvalue weighted by molar-refractivity contribution is 5.82. The fraction of sp³-hybridized carbons (Fsp3) is 0.533. The van der Waals surface area contributed by atoms with E-state index in [1.54, 1.807) is 19.2 Å². The fourth-order valence-corrected chi connectivity index (χ4v) is 2.93. The van der Waals surface area contributed by atoms with Gasteiger partial charge in [-0.1, -0.05) is 12.1 Å². The van der Waals surface area contributed by atoms with Crippen LogP contribution in [0.2, 0.25) is 0 Å². The van der Waals surface area contributed by atoms with E-state index < -0.39 is 0 Å². The molecule has 1 heterocycles. The van der Waals surface area contributed by atoms with Crippen LogP contribution in [0.4, 0.5) is 4.39 Å². The number of nitrogens with zero attached hydrogens (tertiary/aromatic N) is 1. The molecule has 0 aromatic heterocycles. The molecule has 2 unspecified atom stereocenters. The maximum absolute atomic E-state index is 13.0. The molecular formula is C15H22FN3O. The topological polar surface area (TPSA) is 58.4 Å². The molecule has 4 nitrogen and oxygen atoms in total. The van der Waals surface area contributed by atoms with Gasteiger partial charge in [-0.3, -0.25) is 9.69 Å². The van der Waals surface area contributed by atoms with Crippen molar-refractivity contribution in [3.63, 3.8) is 0 Å². The second kappa shape index (κ2) is 5.89. The Morgan fingerprint density at radius 1 is 1.50 bits per heavy atom. The molecule has 0 bridgehead atoms. The third-order valence-corrected chi connectivity index (χ3v) is 4.20. The molecule has 2 atom stereocenters. The van der Waals surface area contributed by atoms with Crippen LogP contribution < -0.4 is 11.1 Å². The number of hydrogen-bond donors (Lipinski definition) is 2. The lowest BCUT2D eigenvalue weighted by Crippen LogP contribution is -2.40. The van der Waals surface area contributed by atoms with Crippen LogP contribution >= 0.6 is 0 Å². The van der Waals surface area contributed by atoms with Crippen LogP contribution in [-0.2, 0) is 4.79 Å². The molecule has 0 radical (unpaired) electrons. The molecule has 0 spiro atoms. The Kier molecular flexibility index (Phi) is 4.40. The van der Waals surface area contributed by atoms with Gasteiger partial charge >= 0.3 is 0 Å². The van der Waals surface area contributed by atoms with Crippen molar-refractivity contribution in [2.24, 2.45) is 11.1 Å². The third-order valence-electron chi connectivity index (χ3n) is 4.20. The molecule has 1 fully saturated rings. The summed E-state index contributed by atoms with van der Waals surface area (Å²) in [5.74, 6) is -0.184. The second-order valence-electron chi connectivity index (χ2n) is 5.66. The summed E-state index contributed by atoms with van der Waals surface area (Å²) in [7, 11) is 1.66. The second-order valence-corrected chi connectivity index (χ2v) is 5.66. The zero-order valence-electron chi connectivity index (χ0n) is 12.0. The van der Waals surface area contributed by atoms with Gasteiger partial charge in [0.15, 0.2) is 0 Å². The average molecular weight is 279 g/mol. The third kappa shape index (κ3) is 2.83. The van der Waals surface area contributed by atoms with Crippen LogP contribution in [0.3, 0.4) is 0 Å². The first kappa shape index (κ1) is 14.9. The van der Waals surface area contributed by atoms with Crippen molar-refractivity contribution >= 4 is 5.91 Å². The summed E-state index contributed by atoms with van der Waals surface area (Å²) in [6.07, 6.45) is 0.810. The van der Waals surface area contributed by atoms with E-state index in [0.29, 0.717) is 13.1 Å². The largest absolute Gasteiger partial charge is 0.359 e. The Labute approximate surface area is 119 Å². The summed E-state index contributed by atoms with van der Waals surface area (Å²) in [5, 5.41) is 2.73. The molecule has 1 amide bonds. The van der Waals surface area contributed by atoms with Gasteiger partial charge in [-0.25, -0.2) is 4.39 Å². The van der Waals surface area contributed by atoms with Crippen molar-refractivity contribution < 1.29 is 9.18 Å². The highest BCUT2D eigenvalue weighted by Gasteiger charge is 2.41. The molecule has 0 saturated carbocycles. The average Bonchev–Trinajstić information content (AvgIpc) is 2.84. The van der Waals surface area contributed by atoms with Crippen molar-refractivity contribution in [2.45, 2.75) is 19.4 Å². The molecule has 3 N–H and O–H groups in total. The molecule has 110 valence electrons. The number of carbonyl (C=O) groups excluding carboxylic acids is 1. The van der Waals surface area contributed by atoms with Crippen LogP contribution in [-0.4, -0.2) is 37.5 Å². The van der Waals surface area contributed by atoms with Crippen LogP contribution in [0.1, 0.15) is 24.9 Å². The maximum Gasteiger partial charge on any atom is 0.227 e. The number of carbonyl (C=O) groups is 1. The summed E-state index contributed by atoms with van der Waals surface area (Å²) < 4.78 is 13.0. The number of halogens is 1. The number of rotatable bonds is 4. The van der Waals surface area contributed by atoms with Crippen molar-refractivity contribution in [3.05, 3.63) is 35.6 Å². The minimum absolute atomic E-state index is 0.0297. The van der Waals surface area contributed by atoms with Crippen LogP contribution in [0.5, 0.6) is 0 Å². The summed E-state index contributed by atoms with van der Waals surface area (Å²) in [5.41, 5.74) is 6.51.